The van der Waals surface area contributed by atoms with E-state index >= 15 is 0 Å². The minimum absolute atomic E-state index is 0.0848. The molecule has 1 atom stereocenters. The van der Waals surface area contributed by atoms with Gasteiger partial charge < -0.3 is 15.1 Å². The average molecular weight is 628 g/mol. The predicted molar refractivity (Wildman–Crippen MR) is 161 cm³/mol. The molecule has 0 aliphatic carbocycles. The number of aryl methyl sites for hydroxylation is 1. The van der Waals surface area contributed by atoms with E-state index in [4.69, 9.17) is 26.7 Å². The van der Waals surface area contributed by atoms with Crippen LogP contribution >= 0.6 is 38.9 Å². The van der Waals surface area contributed by atoms with Crippen molar-refractivity contribution in [2.45, 2.75) is 33.4 Å². The highest BCUT2D eigenvalue weighted by Crippen LogP contribution is 2.34. The maximum absolute atomic E-state index is 14.1. The fourth-order valence-corrected chi connectivity index (χ4v) is 6.50. The second-order valence-corrected chi connectivity index (χ2v) is 12.8. The highest BCUT2D eigenvalue weighted by Gasteiger charge is 2.33. The number of fused-ring (bicyclic) bond motifs is 3. The Kier molecular flexibility index (Phi) is 7.96. The summed E-state index contributed by atoms with van der Waals surface area (Å²) in [6.45, 7) is 6.85. The summed E-state index contributed by atoms with van der Waals surface area (Å²) in [5, 5.41) is 1.17. The smallest absolute Gasteiger partial charge is 0.297 e. The van der Waals surface area contributed by atoms with Gasteiger partial charge in [0.05, 0.1) is 16.4 Å². The molecule has 0 saturated heterocycles. The normalized spacial score (nSPS) is 12.5. The van der Waals surface area contributed by atoms with Gasteiger partial charge in [-0.3, -0.25) is 14.2 Å². The van der Waals surface area contributed by atoms with Crippen molar-refractivity contribution in [3.63, 3.8) is 0 Å². The summed E-state index contributed by atoms with van der Waals surface area (Å²) in [4.78, 5) is 35.7. The molecule has 0 aliphatic heterocycles. The van der Waals surface area contributed by atoms with Crippen molar-refractivity contribution in [2.24, 2.45) is 11.7 Å². The molecule has 5 aromatic rings. The van der Waals surface area contributed by atoms with Crippen molar-refractivity contribution in [1.29, 1.82) is 0 Å². The largest absolute Gasteiger partial charge is 0.448 e. The fraction of sp³-hybridized carbons (Fsp3) is 0.276. The van der Waals surface area contributed by atoms with Gasteiger partial charge in [-0.25, -0.2) is 4.98 Å². The Morgan fingerprint density at radius 3 is 2.56 bits per heavy atom. The Morgan fingerprint density at radius 1 is 1.18 bits per heavy atom. The van der Waals surface area contributed by atoms with Crippen LogP contribution in [0, 0.1) is 12.8 Å². The molecule has 39 heavy (non-hydrogen) atoms. The number of thiophene rings is 1. The van der Waals surface area contributed by atoms with Gasteiger partial charge in [0.2, 0.25) is 5.58 Å². The van der Waals surface area contributed by atoms with E-state index in [9.17, 15) is 9.59 Å². The van der Waals surface area contributed by atoms with Crippen LogP contribution in [0.5, 0.6) is 0 Å². The first kappa shape index (κ1) is 27.6. The van der Waals surface area contributed by atoms with Crippen LogP contribution in [0.25, 0.3) is 22.1 Å². The number of nitrogens with two attached hydrogens (primary N) is 1. The summed E-state index contributed by atoms with van der Waals surface area (Å²) in [6.07, 6.45) is 0. The van der Waals surface area contributed by atoms with Crippen LogP contribution in [0.2, 0.25) is 5.02 Å². The third kappa shape index (κ3) is 5.41. The number of amides is 1. The third-order valence-corrected chi connectivity index (χ3v) is 8.51. The lowest BCUT2D eigenvalue weighted by Gasteiger charge is -2.35. The molecule has 0 fully saturated rings. The zero-order chi connectivity index (χ0) is 27.8. The molecular weight excluding hydrogens is 600 g/mol. The number of carbonyl (C=O) groups is 1. The highest BCUT2D eigenvalue weighted by molar-refractivity contribution is 9.11. The van der Waals surface area contributed by atoms with Gasteiger partial charge >= 0.3 is 0 Å². The van der Waals surface area contributed by atoms with E-state index in [0.29, 0.717) is 39.4 Å². The first-order valence-electron chi connectivity index (χ1n) is 12.6. The van der Waals surface area contributed by atoms with Crippen LogP contribution in [0.1, 0.15) is 46.5 Å². The van der Waals surface area contributed by atoms with Crippen LogP contribution in [-0.2, 0) is 6.54 Å². The molecule has 0 bridgehead atoms. The van der Waals surface area contributed by atoms with Gasteiger partial charge in [-0.2, -0.15) is 0 Å². The Hall–Kier alpha value is -2.98. The number of furan rings is 1. The van der Waals surface area contributed by atoms with Crippen molar-refractivity contribution >= 4 is 66.8 Å². The minimum Gasteiger partial charge on any atom is -0.448 e. The lowest BCUT2D eigenvalue weighted by Crippen LogP contribution is -2.43. The van der Waals surface area contributed by atoms with Crippen molar-refractivity contribution < 1.29 is 9.21 Å². The number of nitrogens with zero attached hydrogens (tertiary/aromatic N) is 3. The number of carbonyl (C=O) groups excluding carboxylic acids is 1. The number of benzene rings is 2. The summed E-state index contributed by atoms with van der Waals surface area (Å²) in [6, 6.07) is 16.0. The van der Waals surface area contributed by atoms with E-state index in [1.807, 2.05) is 57.2 Å². The van der Waals surface area contributed by atoms with Crippen molar-refractivity contribution in [1.82, 2.24) is 14.5 Å². The van der Waals surface area contributed by atoms with E-state index in [0.717, 1.165) is 14.2 Å². The molecular formula is C29H28BrClN4O3S. The number of halogens is 2. The molecule has 3 aromatic heterocycles. The predicted octanol–water partition coefficient (Wildman–Crippen LogP) is 6.78. The van der Waals surface area contributed by atoms with Gasteiger partial charge in [-0.15, -0.1) is 11.3 Å². The molecule has 0 saturated carbocycles. The SMILES string of the molecule is Cc1ccc(C(=O)N(CCN)C(c2nc3c(oc4ccc(Cl)cc43)c(=O)n2Cc2ccc(Br)s2)C(C)C)cc1. The number of rotatable bonds is 8. The Morgan fingerprint density at radius 2 is 1.92 bits per heavy atom. The van der Waals surface area contributed by atoms with Gasteiger partial charge in [-0.1, -0.05) is 43.1 Å². The lowest BCUT2D eigenvalue weighted by atomic mass is 9.99. The maximum atomic E-state index is 14.1. The van der Waals surface area contributed by atoms with Crippen molar-refractivity contribution in [3.8, 4) is 0 Å². The lowest BCUT2D eigenvalue weighted by molar-refractivity contribution is 0.0612. The van der Waals surface area contributed by atoms with Crippen molar-refractivity contribution in [2.75, 3.05) is 13.1 Å². The number of hydrogen-bond donors (Lipinski definition) is 1. The molecule has 0 aliphatic rings. The van der Waals surface area contributed by atoms with E-state index in [1.165, 1.54) is 11.3 Å². The quantitative estimate of drug-likeness (QED) is 0.205. The monoisotopic (exact) mass is 626 g/mol. The molecule has 1 amide bonds. The summed E-state index contributed by atoms with van der Waals surface area (Å²) < 4.78 is 8.58. The maximum Gasteiger partial charge on any atom is 0.297 e. The summed E-state index contributed by atoms with van der Waals surface area (Å²) >= 11 is 11.4. The van der Waals surface area contributed by atoms with E-state index in [1.54, 1.807) is 27.7 Å². The Balaban J connectivity index is 1.76. The molecule has 0 radical (unpaired) electrons. The van der Waals surface area contributed by atoms with E-state index in [-0.39, 0.29) is 36.1 Å². The third-order valence-electron chi connectivity index (χ3n) is 6.67. The molecule has 0 spiro atoms. The van der Waals surface area contributed by atoms with Gasteiger partial charge in [0.25, 0.3) is 11.5 Å². The Bertz CT molecular complexity index is 1720. The van der Waals surface area contributed by atoms with Crippen LogP contribution < -0.4 is 11.3 Å². The van der Waals surface area contributed by atoms with Gasteiger partial charge in [0.15, 0.2) is 0 Å². The molecule has 7 nitrogen and oxygen atoms in total. The summed E-state index contributed by atoms with van der Waals surface area (Å²) in [5.74, 6) is 0.223. The molecule has 2 aromatic carbocycles. The topological polar surface area (TPSA) is 94.4 Å². The highest BCUT2D eigenvalue weighted by atomic mass is 79.9. The zero-order valence-electron chi connectivity index (χ0n) is 21.8. The van der Waals surface area contributed by atoms with Crippen LogP contribution in [0.15, 0.2) is 67.6 Å². The minimum atomic E-state index is -0.535. The number of aromatic nitrogens is 2. The van der Waals surface area contributed by atoms with E-state index in [2.05, 4.69) is 15.9 Å². The van der Waals surface area contributed by atoms with Crippen LogP contribution in [0.3, 0.4) is 0 Å². The molecule has 10 heteroatoms. The Labute approximate surface area is 243 Å². The summed E-state index contributed by atoms with van der Waals surface area (Å²) in [7, 11) is 0. The molecule has 5 rings (SSSR count). The van der Waals surface area contributed by atoms with Crippen LogP contribution in [-0.4, -0.2) is 33.4 Å². The standard InChI is InChI=1S/C29H28BrClN4O3S/c1-16(2)25(34(13-12-32)28(36)18-6-4-17(3)5-7-18)27-33-24-21-14-19(31)8-10-22(21)38-26(24)29(37)35(27)15-20-9-11-23(30)39-20/h4-11,14,16,25H,12-13,15,32H2,1-3H3. The second kappa shape index (κ2) is 11.3. The molecule has 202 valence electrons. The van der Waals surface area contributed by atoms with Gasteiger partial charge in [0, 0.05) is 33.9 Å². The van der Waals surface area contributed by atoms with E-state index < -0.39 is 6.04 Å². The van der Waals surface area contributed by atoms with Gasteiger partial charge in [-0.05, 0) is 71.2 Å². The zero-order valence-corrected chi connectivity index (χ0v) is 24.9. The average Bonchev–Trinajstić information content (AvgIpc) is 3.48. The molecule has 3 heterocycles. The van der Waals surface area contributed by atoms with Gasteiger partial charge in [0.1, 0.15) is 16.9 Å². The second-order valence-electron chi connectivity index (χ2n) is 9.83. The first-order chi connectivity index (χ1) is 18.7. The molecule has 1 unspecified atom stereocenters. The summed E-state index contributed by atoms with van der Waals surface area (Å²) in [5.41, 5.74) is 8.44. The van der Waals surface area contributed by atoms with Crippen LogP contribution in [0.4, 0.5) is 0 Å². The fourth-order valence-electron chi connectivity index (χ4n) is 4.85. The first-order valence-corrected chi connectivity index (χ1v) is 14.6. The van der Waals surface area contributed by atoms with Crippen molar-refractivity contribution in [3.05, 3.63) is 95.6 Å². The number of hydrogen-bond acceptors (Lipinski definition) is 6. The molecule has 2 N–H and O–H groups in total.